The summed E-state index contributed by atoms with van der Waals surface area (Å²) in [5, 5.41) is 36.6. The topological polar surface area (TPSA) is 80.9 Å². The van der Waals surface area contributed by atoms with Crippen molar-refractivity contribution in [1.82, 2.24) is 0 Å². The molecule has 0 rings (SSSR count). The third-order valence-electron chi connectivity index (χ3n) is 4.57. The van der Waals surface area contributed by atoms with E-state index in [-0.39, 0.29) is 25.8 Å². The molecule has 0 saturated carbocycles. The average Bonchev–Trinajstić information content (AvgIpc) is 2.60. The number of hydrogen-bond donors (Lipinski definition) is 4. The van der Waals surface area contributed by atoms with Crippen LogP contribution in [0.5, 0.6) is 0 Å². The van der Waals surface area contributed by atoms with Crippen molar-refractivity contribution in [3.8, 4) is 0 Å². The van der Waals surface area contributed by atoms with Crippen LogP contribution in [-0.4, -0.2) is 42.8 Å². The van der Waals surface area contributed by atoms with Crippen LogP contribution in [0.1, 0.15) is 160 Å². The van der Waals surface area contributed by atoms with Gasteiger partial charge in [-0.05, 0) is 81.1 Å². The third kappa shape index (κ3) is 71.9. The van der Waals surface area contributed by atoms with Crippen molar-refractivity contribution in [2.75, 3.05) is 0 Å². The first-order valence-corrected chi connectivity index (χ1v) is 13.1. The molecule has 0 aromatic rings. The first-order chi connectivity index (χ1) is 14.2. The summed E-state index contributed by atoms with van der Waals surface area (Å²) in [7, 11) is 0. The maximum Gasteiger partial charge on any atom is 0.0591 e. The summed E-state index contributed by atoms with van der Waals surface area (Å²) in [5.41, 5.74) is -1.79. The summed E-state index contributed by atoms with van der Waals surface area (Å²) >= 11 is 0. The molecule has 0 atom stereocenters. The Bertz CT molecular complexity index is 286. The van der Waals surface area contributed by atoms with Gasteiger partial charge >= 0.3 is 0 Å². The third-order valence-corrected chi connectivity index (χ3v) is 4.57. The van der Waals surface area contributed by atoms with Crippen LogP contribution < -0.4 is 0 Å². The monoisotopic (exact) mass is 644 g/mol. The van der Waals surface area contributed by atoms with E-state index in [9.17, 15) is 0 Å². The number of rotatable bonds is 12. The minimum Gasteiger partial charge on any atom is -0.390 e. The molecular weight excluding hydrogens is 579 g/mol. The standard InChI is InChI=1S/4C7H16O.Hf/c4*1-4-5-6-7(2,3)8;/h4*8H,4-6H2,1-3H3;. The van der Waals surface area contributed by atoms with E-state index in [1.807, 2.05) is 55.4 Å². The Morgan fingerprint density at radius 2 is 0.485 bits per heavy atom. The van der Waals surface area contributed by atoms with E-state index >= 15 is 0 Å². The summed E-state index contributed by atoms with van der Waals surface area (Å²) in [5.74, 6) is 0. The smallest absolute Gasteiger partial charge is 0.0591 e. The first-order valence-electron chi connectivity index (χ1n) is 13.1. The Hall–Kier alpha value is 0.710. The van der Waals surface area contributed by atoms with E-state index in [0.717, 1.165) is 51.4 Å². The van der Waals surface area contributed by atoms with Crippen molar-refractivity contribution < 1.29 is 46.3 Å². The van der Waals surface area contributed by atoms with E-state index in [2.05, 4.69) is 27.7 Å². The van der Waals surface area contributed by atoms with Gasteiger partial charge in [-0.3, -0.25) is 0 Å². The summed E-state index contributed by atoms with van der Waals surface area (Å²) < 4.78 is 0. The van der Waals surface area contributed by atoms with Gasteiger partial charge in [0, 0.05) is 25.8 Å². The van der Waals surface area contributed by atoms with Gasteiger partial charge < -0.3 is 20.4 Å². The van der Waals surface area contributed by atoms with E-state index in [1.54, 1.807) is 0 Å². The zero-order valence-corrected chi connectivity index (χ0v) is 28.4. The molecule has 0 fully saturated rings. The molecule has 0 saturated heterocycles. The molecule has 4 nitrogen and oxygen atoms in total. The van der Waals surface area contributed by atoms with E-state index in [0.29, 0.717) is 0 Å². The van der Waals surface area contributed by atoms with Crippen molar-refractivity contribution in [2.24, 2.45) is 0 Å². The average molecular weight is 643 g/mol. The van der Waals surface area contributed by atoms with Crippen LogP contribution in [0.3, 0.4) is 0 Å². The molecule has 0 spiro atoms. The zero-order valence-electron chi connectivity index (χ0n) is 24.8. The van der Waals surface area contributed by atoms with Gasteiger partial charge in [-0.15, -0.1) is 0 Å². The van der Waals surface area contributed by atoms with Gasteiger partial charge in [0.25, 0.3) is 0 Å². The molecule has 204 valence electrons. The first kappa shape index (κ1) is 43.8. The second-order valence-electron chi connectivity index (χ2n) is 11.7. The normalized spacial score (nSPS) is 11.6. The largest absolute Gasteiger partial charge is 0.390 e. The van der Waals surface area contributed by atoms with E-state index < -0.39 is 22.4 Å². The SMILES string of the molecule is CCCCC(C)(C)O.CCCCC(C)(C)O.CCCCC(C)(C)O.CCCCC(C)(C)O.[Hf]. The molecule has 0 aliphatic carbocycles. The Morgan fingerprint density at radius 3 is 0.515 bits per heavy atom. The minimum atomic E-state index is -0.448. The second-order valence-corrected chi connectivity index (χ2v) is 11.7. The fourth-order valence-electron chi connectivity index (χ4n) is 2.44. The number of unbranched alkanes of at least 4 members (excludes halogenated alkanes) is 4. The fraction of sp³-hybridized carbons (Fsp3) is 1.00. The van der Waals surface area contributed by atoms with Crippen LogP contribution in [-0.2, 0) is 25.8 Å². The Balaban J connectivity index is -0.000000105. The van der Waals surface area contributed by atoms with Gasteiger partial charge in [-0.1, -0.05) is 79.1 Å². The van der Waals surface area contributed by atoms with Gasteiger partial charge in [0.15, 0.2) is 0 Å². The van der Waals surface area contributed by atoms with Crippen LogP contribution in [0.2, 0.25) is 0 Å². The minimum absolute atomic E-state index is 0. The maximum absolute atomic E-state index is 9.15. The molecule has 0 bridgehead atoms. The molecule has 0 aliphatic heterocycles. The van der Waals surface area contributed by atoms with Crippen molar-refractivity contribution in [1.29, 1.82) is 0 Å². The van der Waals surface area contributed by atoms with Gasteiger partial charge in [-0.2, -0.15) is 0 Å². The molecule has 5 heteroatoms. The van der Waals surface area contributed by atoms with Gasteiger partial charge in [0.05, 0.1) is 22.4 Å². The molecule has 33 heavy (non-hydrogen) atoms. The quantitative estimate of drug-likeness (QED) is 0.164. The zero-order chi connectivity index (χ0) is 26.5. The molecule has 0 unspecified atom stereocenters. The van der Waals surface area contributed by atoms with Crippen molar-refractivity contribution in [2.45, 2.75) is 183 Å². The molecule has 0 heterocycles. The summed E-state index contributed by atoms with van der Waals surface area (Å²) in [6.45, 7) is 23.3. The number of aliphatic hydroxyl groups is 4. The van der Waals surface area contributed by atoms with Gasteiger partial charge in [0.2, 0.25) is 0 Å². The van der Waals surface area contributed by atoms with Crippen LogP contribution in [0.15, 0.2) is 0 Å². The number of hydrogen-bond acceptors (Lipinski definition) is 4. The second kappa shape index (κ2) is 24.4. The predicted octanol–water partition coefficient (Wildman–Crippen LogP) is 7.79. The molecule has 0 aliphatic rings. The van der Waals surface area contributed by atoms with Crippen LogP contribution in [0.4, 0.5) is 0 Å². The summed E-state index contributed by atoms with van der Waals surface area (Å²) in [6.07, 6.45) is 12.9. The van der Waals surface area contributed by atoms with Gasteiger partial charge in [-0.25, -0.2) is 0 Å². The Morgan fingerprint density at radius 1 is 0.364 bits per heavy atom. The van der Waals surface area contributed by atoms with E-state index in [1.165, 1.54) is 25.7 Å². The molecule has 0 aromatic carbocycles. The molecular formula is C28H64HfO4. The Kier molecular flexibility index (Phi) is 32.4. The maximum atomic E-state index is 9.15. The molecule has 0 amide bonds. The molecule has 0 aromatic heterocycles. The van der Waals surface area contributed by atoms with Crippen molar-refractivity contribution in [3.63, 3.8) is 0 Å². The summed E-state index contributed by atoms with van der Waals surface area (Å²) in [6, 6.07) is 0. The summed E-state index contributed by atoms with van der Waals surface area (Å²) in [4.78, 5) is 0. The molecule has 4 N–H and O–H groups in total. The van der Waals surface area contributed by atoms with Crippen molar-refractivity contribution in [3.05, 3.63) is 0 Å². The Labute approximate surface area is 228 Å². The predicted molar refractivity (Wildman–Crippen MR) is 143 cm³/mol. The fourth-order valence-corrected chi connectivity index (χ4v) is 2.44. The van der Waals surface area contributed by atoms with E-state index in [4.69, 9.17) is 20.4 Å². The van der Waals surface area contributed by atoms with Crippen LogP contribution in [0, 0.1) is 0 Å². The van der Waals surface area contributed by atoms with Crippen LogP contribution >= 0.6 is 0 Å². The molecule has 0 radical (unpaired) electrons. The van der Waals surface area contributed by atoms with Crippen molar-refractivity contribution >= 4 is 0 Å². The van der Waals surface area contributed by atoms with Gasteiger partial charge in [0.1, 0.15) is 0 Å². The van der Waals surface area contributed by atoms with Crippen LogP contribution in [0.25, 0.3) is 0 Å².